The van der Waals surface area contributed by atoms with Gasteiger partial charge in [-0.05, 0) is 69.2 Å². The van der Waals surface area contributed by atoms with Crippen molar-refractivity contribution in [1.29, 1.82) is 0 Å². The summed E-state index contributed by atoms with van der Waals surface area (Å²) in [4.78, 5) is 17.0. The summed E-state index contributed by atoms with van der Waals surface area (Å²) in [6, 6.07) is 17.7. The number of pyridine rings is 2. The predicted molar refractivity (Wildman–Crippen MR) is 164 cm³/mol. The molecule has 0 unspecified atom stereocenters. The number of carbonyl (C=O) groups is 1. The molecule has 3 aromatic heterocycles. The smallest absolute Gasteiger partial charge is 0.337 e. The summed E-state index contributed by atoms with van der Waals surface area (Å²) in [6.45, 7) is 8.55. The van der Waals surface area contributed by atoms with Crippen LogP contribution in [0.2, 0.25) is 5.02 Å². The summed E-state index contributed by atoms with van der Waals surface area (Å²) in [5.41, 5.74) is 6.89. The summed E-state index contributed by atoms with van der Waals surface area (Å²) in [5.74, 6) is -0.430. The first-order valence-corrected chi connectivity index (χ1v) is 14.1. The van der Waals surface area contributed by atoms with Crippen molar-refractivity contribution < 1.29 is 19.4 Å². The van der Waals surface area contributed by atoms with Gasteiger partial charge in [-0.2, -0.15) is 5.10 Å². The number of aryl methyl sites for hydroxylation is 1. The van der Waals surface area contributed by atoms with Gasteiger partial charge in [0.25, 0.3) is 0 Å². The normalized spacial score (nSPS) is 13.7. The summed E-state index contributed by atoms with van der Waals surface area (Å²) in [5, 5.41) is 19.1. The second-order valence-corrected chi connectivity index (χ2v) is 11.7. The third-order valence-electron chi connectivity index (χ3n) is 7.15. The minimum Gasteiger partial charge on any atom is -0.490 e. The second kappa shape index (κ2) is 10.8. The van der Waals surface area contributed by atoms with Crippen molar-refractivity contribution in [3.63, 3.8) is 0 Å². The lowest BCUT2D eigenvalue weighted by Gasteiger charge is -2.29. The van der Waals surface area contributed by atoms with E-state index in [1.54, 1.807) is 10.7 Å². The third-order valence-corrected chi connectivity index (χ3v) is 7.54. The first kappa shape index (κ1) is 27.8. The molecule has 8 nitrogen and oxygen atoms in total. The lowest BCUT2D eigenvalue weighted by molar-refractivity contribution is -0.160. The molecule has 0 bridgehead atoms. The Morgan fingerprint density at radius 3 is 2.64 bits per heavy atom. The van der Waals surface area contributed by atoms with E-state index in [4.69, 9.17) is 26.2 Å². The SMILES string of the molecule is Cc1cn2nc(-c3cccc(-c4cccnc4)c3)cc2c(-c2ccc3c(c2Cl)NCCO3)c1[C@H](OC(C)(C)C)C(=O)O. The third kappa shape index (κ3) is 5.19. The van der Waals surface area contributed by atoms with Crippen LogP contribution in [0.1, 0.15) is 38.0 Å². The number of halogens is 1. The van der Waals surface area contributed by atoms with Crippen LogP contribution >= 0.6 is 11.6 Å². The molecule has 5 aromatic rings. The number of nitrogens with zero attached hydrogens (tertiary/aromatic N) is 3. The molecule has 0 spiro atoms. The van der Waals surface area contributed by atoms with Crippen LogP contribution in [0, 0.1) is 6.92 Å². The number of hydrogen-bond donors (Lipinski definition) is 2. The van der Waals surface area contributed by atoms with Crippen molar-refractivity contribution in [2.45, 2.75) is 39.4 Å². The largest absolute Gasteiger partial charge is 0.490 e. The molecule has 1 atom stereocenters. The topological polar surface area (TPSA) is 98.0 Å². The zero-order chi connectivity index (χ0) is 29.6. The lowest BCUT2D eigenvalue weighted by atomic mass is 9.91. The number of anilines is 1. The number of benzene rings is 2. The van der Waals surface area contributed by atoms with Gasteiger partial charge in [0.05, 0.1) is 27.5 Å². The minimum absolute atomic E-state index is 0.446. The van der Waals surface area contributed by atoms with Gasteiger partial charge in [0.1, 0.15) is 12.4 Å². The van der Waals surface area contributed by atoms with Crippen LogP contribution < -0.4 is 10.1 Å². The van der Waals surface area contributed by atoms with Crippen LogP contribution in [0.4, 0.5) is 5.69 Å². The Bertz CT molecular complexity index is 1810. The van der Waals surface area contributed by atoms with Gasteiger partial charge in [0.15, 0.2) is 6.10 Å². The average Bonchev–Trinajstić information content (AvgIpc) is 3.40. The molecule has 214 valence electrons. The predicted octanol–water partition coefficient (Wildman–Crippen LogP) is 7.44. The standard InChI is InChI=1S/C33H31ClN4O4/c1-19-18-38-25(16-24(37-38)21-8-5-7-20(15-21)22-9-6-12-35-17-22)28(27(19)31(32(39)40)42-33(2,3)4)23-10-11-26-30(29(23)34)36-13-14-41-26/h5-12,15-18,31,36H,13-14H2,1-4H3,(H,39,40)/t31-/m0/s1. The first-order valence-electron chi connectivity index (χ1n) is 13.7. The number of carboxylic acid groups (broad SMARTS) is 1. The maximum atomic E-state index is 12.7. The molecule has 1 aliphatic rings. The molecular weight excluding hydrogens is 552 g/mol. The van der Waals surface area contributed by atoms with E-state index in [0.29, 0.717) is 57.4 Å². The van der Waals surface area contributed by atoms with Crippen LogP contribution in [0.5, 0.6) is 5.75 Å². The fourth-order valence-corrected chi connectivity index (χ4v) is 5.70. The maximum Gasteiger partial charge on any atom is 0.337 e. The fraction of sp³-hybridized carbons (Fsp3) is 0.242. The van der Waals surface area contributed by atoms with E-state index >= 15 is 0 Å². The molecule has 0 saturated carbocycles. The van der Waals surface area contributed by atoms with E-state index in [0.717, 1.165) is 22.4 Å². The number of aromatic nitrogens is 3. The van der Waals surface area contributed by atoms with E-state index in [-0.39, 0.29) is 0 Å². The van der Waals surface area contributed by atoms with Crippen molar-refractivity contribution in [3.8, 4) is 39.3 Å². The molecule has 2 aromatic carbocycles. The number of nitrogens with one attached hydrogen (secondary N) is 1. The van der Waals surface area contributed by atoms with Crippen molar-refractivity contribution in [3.05, 3.63) is 89.3 Å². The van der Waals surface area contributed by atoms with Gasteiger partial charge in [0, 0.05) is 53.0 Å². The zero-order valence-corrected chi connectivity index (χ0v) is 24.6. The van der Waals surface area contributed by atoms with Gasteiger partial charge in [-0.3, -0.25) is 4.98 Å². The van der Waals surface area contributed by atoms with E-state index in [9.17, 15) is 9.90 Å². The van der Waals surface area contributed by atoms with E-state index in [2.05, 4.69) is 16.4 Å². The summed E-state index contributed by atoms with van der Waals surface area (Å²) in [7, 11) is 0. The Balaban J connectivity index is 1.61. The molecule has 0 aliphatic carbocycles. The number of fused-ring (bicyclic) bond motifs is 2. The summed E-state index contributed by atoms with van der Waals surface area (Å²) >= 11 is 7.05. The molecule has 1 aliphatic heterocycles. The van der Waals surface area contributed by atoms with Gasteiger partial charge in [-0.25, -0.2) is 9.31 Å². The fourth-order valence-electron chi connectivity index (χ4n) is 5.38. The maximum absolute atomic E-state index is 12.7. The number of carboxylic acids is 1. The number of rotatable bonds is 6. The molecule has 6 rings (SSSR count). The Kier molecular flexibility index (Phi) is 7.12. The quantitative estimate of drug-likeness (QED) is 0.215. The first-order chi connectivity index (χ1) is 20.1. The highest BCUT2D eigenvalue weighted by atomic mass is 35.5. The van der Waals surface area contributed by atoms with Crippen LogP contribution in [0.25, 0.3) is 39.0 Å². The molecular formula is C33H31ClN4O4. The number of aliphatic carboxylic acids is 1. The molecule has 42 heavy (non-hydrogen) atoms. The van der Waals surface area contributed by atoms with Crippen LogP contribution in [0.3, 0.4) is 0 Å². The van der Waals surface area contributed by atoms with Crippen LogP contribution in [-0.4, -0.2) is 44.4 Å². The Morgan fingerprint density at radius 1 is 1.12 bits per heavy atom. The summed E-state index contributed by atoms with van der Waals surface area (Å²) < 4.78 is 13.8. The summed E-state index contributed by atoms with van der Waals surface area (Å²) in [6.07, 6.45) is 4.18. The lowest BCUT2D eigenvalue weighted by Crippen LogP contribution is -2.28. The highest BCUT2D eigenvalue weighted by molar-refractivity contribution is 6.36. The minimum atomic E-state index is -1.24. The Hall–Kier alpha value is -4.40. The number of hydrogen-bond acceptors (Lipinski definition) is 6. The van der Waals surface area contributed by atoms with Crippen LogP contribution in [0.15, 0.2) is 73.2 Å². The van der Waals surface area contributed by atoms with Gasteiger partial charge >= 0.3 is 5.97 Å². The molecule has 0 fully saturated rings. The highest BCUT2D eigenvalue weighted by Crippen LogP contribution is 2.46. The van der Waals surface area contributed by atoms with Crippen molar-refractivity contribution in [1.82, 2.24) is 14.6 Å². The van der Waals surface area contributed by atoms with E-state index in [1.807, 2.05) is 88.6 Å². The van der Waals surface area contributed by atoms with Crippen molar-refractivity contribution in [2.24, 2.45) is 0 Å². The number of ether oxygens (including phenoxy) is 2. The highest BCUT2D eigenvalue weighted by Gasteiger charge is 2.33. The van der Waals surface area contributed by atoms with Gasteiger partial charge < -0.3 is 19.9 Å². The molecule has 0 amide bonds. The average molecular weight is 583 g/mol. The monoisotopic (exact) mass is 582 g/mol. The van der Waals surface area contributed by atoms with Crippen molar-refractivity contribution >= 4 is 28.8 Å². The molecule has 2 N–H and O–H groups in total. The van der Waals surface area contributed by atoms with E-state index in [1.165, 1.54) is 0 Å². The molecule has 0 saturated heterocycles. The van der Waals surface area contributed by atoms with Gasteiger partial charge in [-0.15, -0.1) is 0 Å². The van der Waals surface area contributed by atoms with E-state index < -0.39 is 17.7 Å². The zero-order valence-electron chi connectivity index (χ0n) is 23.8. The van der Waals surface area contributed by atoms with Crippen molar-refractivity contribution in [2.75, 3.05) is 18.5 Å². The molecule has 9 heteroatoms. The Labute approximate surface area is 248 Å². The van der Waals surface area contributed by atoms with Gasteiger partial charge in [0.2, 0.25) is 0 Å². The van der Waals surface area contributed by atoms with Gasteiger partial charge in [-0.1, -0.05) is 35.9 Å². The molecule has 4 heterocycles. The molecule has 0 radical (unpaired) electrons. The van der Waals surface area contributed by atoms with Crippen LogP contribution in [-0.2, 0) is 9.53 Å². The Morgan fingerprint density at radius 2 is 1.90 bits per heavy atom. The second-order valence-electron chi connectivity index (χ2n) is 11.3.